The van der Waals surface area contributed by atoms with Crippen molar-refractivity contribution >= 4 is 21.6 Å². The molecule has 11 heteroatoms. The van der Waals surface area contributed by atoms with Crippen molar-refractivity contribution in [3.63, 3.8) is 0 Å². The number of halogens is 1. The van der Waals surface area contributed by atoms with Gasteiger partial charge in [0.25, 0.3) is 10.0 Å². The van der Waals surface area contributed by atoms with Gasteiger partial charge in [-0.25, -0.2) is 22.2 Å². The summed E-state index contributed by atoms with van der Waals surface area (Å²) in [6, 6.07) is 11.7. The third-order valence-electron chi connectivity index (χ3n) is 5.13. The van der Waals surface area contributed by atoms with Crippen LogP contribution >= 0.6 is 0 Å². The van der Waals surface area contributed by atoms with E-state index in [1.807, 2.05) is 10.8 Å². The van der Waals surface area contributed by atoms with E-state index in [0.29, 0.717) is 5.56 Å². The molecule has 1 amide bonds. The molecule has 1 saturated heterocycles. The van der Waals surface area contributed by atoms with E-state index in [1.54, 1.807) is 18.2 Å². The Morgan fingerprint density at radius 1 is 1.31 bits per heavy atom. The summed E-state index contributed by atoms with van der Waals surface area (Å²) in [6.45, 7) is 0.236. The summed E-state index contributed by atoms with van der Waals surface area (Å²) in [4.78, 5) is 12.5. The number of rotatable bonds is 5. The van der Waals surface area contributed by atoms with Gasteiger partial charge in [0.1, 0.15) is 16.4 Å². The van der Waals surface area contributed by atoms with Gasteiger partial charge in [-0.05, 0) is 36.8 Å². The smallest absolute Gasteiger partial charge is 0.266 e. The lowest BCUT2D eigenvalue weighted by Crippen LogP contribution is -2.37. The number of hydrogen-bond acceptors (Lipinski definition) is 7. The van der Waals surface area contributed by atoms with Crippen LogP contribution in [0.4, 0.5) is 10.1 Å². The predicted molar refractivity (Wildman–Crippen MR) is 111 cm³/mol. The van der Waals surface area contributed by atoms with E-state index in [1.165, 1.54) is 35.3 Å². The summed E-state index contributed by atoms with van der Waals surface area (Å²) in [5.41, 5.74) is 6.48. The third kappa shape index (κ3) is 4.05. The van der Waals surface area contributed by atoms with Gasteiger partial charge in [-0.15, -0.1) is 0 Å². The molecule has 1 aliphatic rings. The summed E-state index contributed by atoms with van der Waals surface area (Å²) in [5.74, 6) is -2.05. The van der Waals surface area contributed by atoms with Crippen molar-refractivity contribution in [2.24, 2.45) is 5.92 Å². The van der Waals surface area contributed by atoms with Crippen LogP contribution < -0.4 is 10.5 Å². The molecule has 3 N–H and O–H groups in total. The Balaban J connectivity index is 1.56. The maximum Gasteiger partial charge on any atom is 0.266 e. The fraction of sp³-hybridized carbons (Fsp3) is 0.190. The summed E-state index contributed by atoms with van der Waals surface area (Å²) < 4.78 is 48.5. The number of nitrogens with one attached hydrogen (secondary N) is 1. The molecule has 164 valence electrons. The molecule has 4 rings (SSSR count). The Kier molecular flexibility index (Phi) is 5.65. The number of amides is 1. The first-order valence-electron chi connectivity index (χ1n) is 9.57. The Hall–Kier alpha value is -3.75. The minimum atomic E-state index is -4.31. The number of aromatic nitrogens is 2. The highest BCUT2D eigenvalue weighted by atomic mass is 32.2. The summed E-state index contributed by atoms with van der Waals surface area (Å²) in [5, 5.41) is 13.2. The molecule has 0 radical (unpaired) electrons. The number of nitrogen functional groups attached to an aromatic ring is 1. The molecule has 3 aromatic rings. The van der Waals surface area contributed by atoms with Crippen LogP contribution in [0, 0.1) is 23.1 Å². The fourth-order valence-electron chi connectivity index (χ4n) is 3.54. The Morgan fingerprint density at radius 2 is 2.09 bits per heavy atom. The fourth-order valence-corrected chi connectivity index (χ4v) is 4.73. The van der Waals surface area contributed by atoms with Gasteiger partial charge in [0.2, 0.25) is 5.91 Å². The quantitative estimate of drug-likeness (QED) is 0.561. The second-order valence-corrected chi connectivity index (χ2v) is 8.84. The first-order chi connectivity index (χ1) is 15.3. The first-order valence-corrected chi connectivity index (χ1v) is 11.1. The molecule has 0 spiro atoms. The molecule has 9 nitrogen and oxygen atoms in total. The lowest BCUT2D eigenvalue weighted by molar-refractivity contribution is -0.124. The zero-order valence-corrected chi connectivity index (χ0v) is 17.4. The topological polar surface area (TPSA) is 140 Å². The van der Waals surface area contributed by atoms with E-state index in [9.17, 15) is 17.6 Å². The van der Waals surface area contributed by atoms with E-state index in [4.69, 9.17) is 15.7 Å². The molecule has 2 unspecified atom stereocenters. The first kappa shape index (κ1) is 21.5. The molecule has 2 heterocycles. The van der Waals surface area contributed by atoms with Crippen LogP contribution in [0.15, 0.2) is 59.8 Å². The number of para-hydroxylation sites is 1. The van der Waals surface area contributed by atoms with Crippen molar-refractivity contribution in [1.82, 2.24) is 14.5 Å². The SMILES string of the molecule is N#Cc1ccc(N)c(S(=O)(=O)NC(=O)C2CCOC2c2cnn(-c3ccccc3F)c2)c1. The van der Waals surface area contributed by atoms with Gasteiger partial charge in [-0.3, -0.25) is 4.79 Å². The van der Waals surface area contributed by atoms with Crippen molar-refractivity contribution < 1.29 is 22.3 Å². The van der Waals surface area contributed by atoms with Crippen LogP contribution in [0.3, 0.4) is 0 Å². The predicted octanol–water partition coefficient (Wildman–Crippen LogP) is 2.05. The number of hydrogen-bond donors (Lipinski definition) is 2. The average Bonchev–Trinajstić information content (AvgIpc) is 3.43. The molecule has 32 heavy (non-hydrogen) atoms. The minimum Gasteiger partial charge on any atom is -0.398 e. The van der Waals surface area contributed by atoms with Gasteiger partial charge >= 0.3 is 0 Å². The number of nitriles is 1. The summed E-state index contributed by atoms with van der Waals surface area (Å²) in [6.07, 6.45) is 2.52. The number of carbonyl (C=O) groups is 1. The van der Waals surface area contributed by atoms with Crippen LogP contribution in [0.25, 0.3) is 5.69 Å². The maximum atomic E-state index is 14.0. The van der Waals surface area contributed by atoms with Gasteiger partial charge in [0, 0.05) is 18.4 Å². The normalized spacial score (nSPS) is 18.2. The highest BCUT2D eigenvalue weighted by molar-refractivity contribution is 7.90. The maximum absolute atomic E-state index is 14.0. The lowest BCUT2D eigenvalue weighted by atomic mass is 9.97. The minimum absolute atomic E-state index is 0.0883. The number of sulfonamides is 1. The molecule has 0 saturated carbocycles. The van der Waals surface area contributed by atoms with Crippen molar-refractivity contribution in [2.75, 3.05) is 12.3 Å². The standard InChI is InChI=1S/C21H18FN5O4S/c22-16-3-1-2-4-18(16)27-12-14(11-25-27)20-15(7-8-31-20)21(28)26-32(29,30)19-9-13(10-23)5-6-17(19)24/h1-6,9,11-12,15,20H,7-8,24H2,(H,26,28). The van der Waals surface area contributed by atoms with Crippen molar-refractivity contribution in [3.8, 4) is 11.8 Å². The number of anilines is 1. The van der Waals surface area contributed by atoms with E-state index in [2.05, 4.69) is 5.10 Å². The van der Waals surface area contributed by atoms with Gasteiger partial charge in [0.15, 0.2) is 0 Å². The van der Waals surface area contributed by atoms with Gasteiger partial charge < -0.3 is 10.5 Å². The second kappa shape index (κ2) is 8.41. The number of ether oxygens (including phenoxy) is 1. The van der Waals surface area contributed by atoms with E-state index < -0.39 is 33.8 Å². The molecular weight excluding hydrogens is 437 g/mol. The highest BCUT2D eigenvalue weighted by Crippen LogP contribution is 2.35. The van der Waals surface area contributed by atoms with Crippen molar-refractivity contribution in [1.29, 1.82) is 5.26 Å². The zero-order chi connectivity index (χ0) is 22.9. The number of nitrogens with zero attached hydrogens (tertiary/aromatic N) is 3. The van der Waals surface area contributed by atoms with Gasteiger partial charge in [-0.1, -0.05) is 12.1 Å². The van der Waals surface area contributed by atoms with Crippen LogP contribution in [0.2, 0.25) is 0 Å². The number of benzene rings is 2. The zero-order valence-electron chi connectivity index (χ0n) is 16.6. The molecule has 1 aliphatic heterocycles. The molecule has 2 aromatic carbocycles. The largest absolute Gasteiger partial charge is 0.398 e. The van der Waals surface area contributed by atoms with Gasteiger partial charge in [0.05, 0.1) is 35.5 Å². The summed E-state index contributed by atoms with van der Waals surface area (Å²) >= 11 is 0. The summed E-state index contributed by atoms with van der Waals surface area (Å²) in [7, 11) is -4.31. The van der Waals surface area contributed by atoms with E-state index in [-0.39, 0.29) is 34.9 Å². The second-order valence-electron chi connectivity index (χ2n) is 7.19. The van der Waals surface area contributed by atoms with Crippen LogP contribution in [-0.4, -0.2) is 30.7 Å². The van der Waals surface area contributed by atoms with E-state index >= 15 is 0 Å². The molecule has 0 aliphatic carbocycles. The molecule has 1 aromatic heterocycles. The Morgan fingerprint density at radius 3 is 2.84 bits per heavy atom. The number of carbonyl (C=O) groups excluding carboxylic acids is 1. The van der Waals surface area contributed by atoms with Crippen LogP contribution in [0.5, 0.6) is 0 Å². The van der Waals surface area contributed by atoms with Crippen LogP contribution in [-0.2, 0) is 19.6 Å². The Bertz CT molecular complexity index is 1330. The molecule has 0 bridgehead atoms. The Labute approximate surface area is 183 Å². The molecule has 2 atom stereocenters. The number of nitrogens with two attached hydrogens (primary N) is 1. The third-order valence-corrected chi connectivity index (χ3v) is 6.53. The molecular formula is C21H18FN5O4S. The molecule has 1 fully saturated rings. The average molecular weight is 455 g/mol. The van der Waals surface area contributed by atoms with Crippen LogP contribution in [0.1, 0.15) is 23.7 Å². The highest BCUT2D eigenvalue weighted by Gasteiger charge is 2.38. The van der Waals surface area contributed by atoms with Gasteiger partial charge in [-0.2, -0.15) is 10.4 Å². The van der Waals surface area contributed by atoms with E-state index in [0.717, 1.165) is 6.07 Å². The lowest BCUT2D eigenvalue weighted by Gasteiger charge is -2.17. The monoisotopic (exact) mass is 455 g/mol. The van der Waals surface area contributed by atoms with Crippen molar-refractivity contribution in [3.05, 3.63) is 71.8 Å². The van der Waals surface area contributed by atoms with Crippen molar-refractivity contribution in [2.45, 2.75) is 17.4 Å².